The van der Waals surface area contributed by atoms with Crippen LogP contribution in [-0.4, -0.2) is 82.8 Å². The number of allylic oxidation sites excluding steroid dienone is 1. The van der Waals surface area contributed by atoms with Crippen LogP contribution in [-0.2, 0) is 23.9 Å². The third-order valence-corrected chi connectivity index (χ3v) is 6.81. The monoisotopic (exact) mass is 432 g/mol. The Labute approximate surface area is 182 Å². The first-order chi connectivity index (χ1) is 14.9. The van der Waals surface area contributed by atoms with Crippen LogP contribution < -0.4 is 0 Å². The summed E-state index contributed by atoms with van der Waals surface area (Å²) in [6.07, 6.45) is 9.81. The lowest BCUT2D eigenvalue weighted by molar-refractivity contribution is -0.155. The molecule has 0 aromatic heterocycles. The van der Waals surface area contributed by atoms with Gasteiger partial charge in [0.1, 0.15) is 17.6 Å². The van der Waals surface area contributed by atoms with Gasteiger partial charge >= 0.3 is 5.97 Å². The van der Waals surface area contributed by atoms with Crippen molar-refractivity contribution in [1.82, 2.24) is 9.80 Å². The van der Waals surface area contributed by atoms with E-state index in [4.69, 9.17) is 9.47 Å². The van der Waals surface area contributed by atoms with E-state index in [0.717, 1.165) is 19.3 Å². The molecular formula is C23H32N2O6. The standard InChI is InChI=1S/C23H32N2O6/c1-15(2)24-11-7-10-23-18(20(27)25(12-8-13-26)19(23)21(24)28)17-16(31-23)9-5-3-4-6-14-30-22(17)29/h5,7,9-10,15-19,26H,3-4,6,8,11-14H2,1-2H3/b9-5-/t16-,17+,18+,19?,23+/m1/s1. The second-order valence-electron chi connectivity index (χ2n) is 9.03. The van der Waals surface area contributed by atoms with Gasteiger partial charge in [0.2, 0.25) is 11.8 Å². The zero-order chi connectivity index (χ0) is 22.2. The smallest absolute Gasteiger partial charge is 0.312 e. The quantitative estimate of drug-likeness (QED) is 0.527. The lowest BCUT2D eigenvalue weighted by Gasteiger charge is -2.36. The van der Waals surface area contributed by atoms with E-state index in [1.54, 1.807) is 4.90 Å². The number of likely N-dealkylation sites (tertiary alicyclic amines) is 1. The third kappa shape index (κ3) is 3.59. The second kappa shape index (κ2) is 8.74. The minimum atomic E-state index is -1.22. The molecule has 1 N–H and O–H groups in total. The van der Waals surface area contributed by atoms with Crippen molar-refractivity contribution in [2.45, 2.75) is 63.3 Å². The lowest BCUT2D eigenvalue weighted by Crippen LogP contribution is -2.56. The van der Waals surface area contributed by atoms with Crippen molar-refractivity contribution in [2.24, 2.45) is 11.8 Å². The number of carbonyl (C=O) groups is 3. The normalized spacial score (nSPS) is 36.7. The maximum absolute atomic E-state index is 13.7. The Morgan fingerprint density at radius 3 is 2.74 bits per heavy atom. The van der Waals surface area contributed by atoms with Gasteiger partial charge in [0, 0.05) is 25.7 Å². The van der Waals surface area contributed by atoms with Crippen molar-refractivity contribution in [3.05, 3.63) is 24.3 Å². The SMILES string of the molecule is CC(C)N1CC=C[C@]23O[C@@H]4/C=C\CCCCOC(=O)[C@@H]4[C@H]2C(=O)N(CCCO)C3C1=O. The van der Waals surface area contributed by atoms with Gasteiger partial charge in [0.15, 0.2) is 0 Å². The fourth-order valence-electron chi connectivity index (χ4n) is 5.38. The Morgan fingerprint density at radius 2 is 2.00 bits per heavy atom. The number of aliphatic hydroxyl groups is 1. The van der Waals surface area contributed by atoms with Crippen LogP contribution in [0.4, 0.5) is 0 Å². The summed E-state index contributed by atoms with van der Waals surface area (Å²) < 4.78 is 12.0. The molecule has 0 aromatic rings. The fourth-order valence-corrected chi connectivity index (χ4v) is 5.38. The van der Waals surface area contributed by atoms with Crippen LogP contribution in [0.25, 0.3) is 0 Å². The van der Waals surface area contributed by atoms with Crippen LogP contribution in [0.2, 0.25) is 0 Å². The van der Waals surface area contributed by atoms with Crippen molar-refractivity contribution in [3.8, 4) is 0 Å². The summed E-state index contributed by atoms with van der Waals surface area (Å²) in [7, 11) is 0. The minimum absolute atomic E-state index is 0.0480. The van der Waals surface area contributed by atoms with Crippen molar-refractivity contribution in [3.63, 3.8) is 0 Å². The van der Waals surface area contributed by atoms with Crippen molar-refractivity contribution < 1.29 is 29.0 Å². The average molecular weight is 433 g/mol. The molecule has 8 heteroatoms. The van der Waals surface area contributed by atoms with Crippen molar-refractivity contribution in [1.29, 1.82) is 0 Å². The maximum atomic E-state index is 13.7. The van der Waals surface area contributed by atoms with Gasteiger partial charge < -0.3 is 24.4 Å². The Bertz CT molecular complexity index is 793. The van der Waals surface area contributed by atoms with Crippen LogP contribution in [0, 0.1) is 11.8 Å². The van der Waals surface area contributed by atoms with E-state index in [2.05, 4.69) is 0 Å². The second-order valence-corrected chi connectivity index (χ2v) is 9.03. The predicted molar refractivity (Wildman–Crippen MR) is 112 cm³/mol. The summed E-state index contributed by atoms with van der Waals surface area (Å²) in [5.41, 5.74) is -1.22. The summed E-state index contributed by atoms with van der Waals surface area (Å²) in [5.74, 6) is -2.54. The molecule has 170 valence electrons. The van der Waals surface area contributed by atoms with Gasteiger partial charge in [0.25, 0.3) is 0 Å². The topological polar surface area (TPSA) is 96.4 Å². The highest BCUT2D eigenvalue weighted by Gasteiger charge is 2.71. The number of rotatable bonds is 4. The van der Waals surface area contributed by atoms with E-state index in [-0.39, 0.29) is 31.0 Å². The molecule has 2 fully saturated rings. The van der Waals surface area contributed by atoms with Crippen LogP contribution in [0.5, 0.6) is 0 Å². The zero-order valence-corrected chi connectivity index (χ0v) is 18.2. The van der Waals surface area contributed by atoms with Gasteiger partial charge in [-0.3, -0.25) is 14.4 Å². The Kier molecular flexibility index (Phi) is 6.21. The number of carbonyl (C=O) groups excluding carboxylic acids is 3. The van der Waals surface area contributed by atoms with Crippen LogP contribution in [0.1, 0.15) is 39.5 Å². The molecule has 0 bridgehead atoms. The predicted octanol–water partition coefficient (Wildman–Crippen LogP) is 1.04. The number of ether oxygens (including phenoxy) is 2. The van der Waals surface area contributed by atoms with Gasteiger partial charge in [-0.25, -0.2) is 0 Å². The van der Waals surface area contributed by atoms with Crippen molar-refractivity contribution in [2.75, 3.05) is 26.3 Å². The van der Waals surface area contributed by atoms with Crippen LogP contribution >= 0.6 is 0 Å². The Morgan fingerprint density at radius 1 is 1.19 bits per heavy atom. The molecule has 31 heavy (non-hydrogen) atoms. The summed E-state index contributed by atoms with van der Waals surface area (Å²) in [4.78, 5) is 43.7. The third-order valence-electron chi connectivity index (χ3n) is 6.81. The zero-order valence-electron chi connectivity index (χ0n) is 18.2. The summed E-state index contributed by atoms with van der Waals surface area (Å²) in [6.45, 7) is 4.75. The highest BCUT2D eigenvalue weighted by atomic mass is 16.6. The number of fused-ring (bicyclic) bond motifs is 2. The molecule has 0 aromatic carbocycles. The van der Waals surface area contributed by atoms with Crippen molar-refractivity contribution >= 4 is 17.8 Å². The Hall–Kier alpha value is -2.19. The lowest BCUT2D eigenvalue weighted by atomic mass is 9.78. The van der Waals surface area contributed by atoms with Gasteiger partial charge in [-0.05, 0) is 39.5 Å². The van der Waals surface area contributed by atoms with Crippen LogP contribution in [0.3, 0.4) is 0 Å². The number of cyclic esters (lactones) is 1. The number of nitrogens with zero attached hydrogens (tertiary/aromatic N) is 2. The first kappa shape index (κ1) is 22.0. The molecule has 4 aliphatic heterocycles. The van der Waals surface area contributed by atoms with E-state index < -0.39 is 35.6 Å². The molecule has 2 amide bonds. The number of hydrogen-bond donors (Lipinski definition) is 1. The van der Waals surface area contributed by atoms with E-state index >= 15 is 0 Å². The van der Waals surface area contributed by atoms with E-state index in [1.165, 1.54) is 4.90 Å². The van der Waals surface area contributed by atoms with Gasteiger partial charge in [0.05, 0.1) is 18.6 Å². The summed E-state index contributed by atoms with van der Waals surface area (Å²) >= 11 is 0. The van der Waals surface area contributed by atoms with Gasteiger partial charge in [-0.15, -0.1) is 0 Å². The first-order valence-corrected chi connectivity index (χ1v) is 11.3. The highest BCUT2D eigenvalue weighted by molar-refractivity contribution is 5.99. The average Bonchev–Trinajstić information content (AvgIpc) is 3.11. The molecule has 5 atom stereocenters. The number of hydrogen-bond acceptors (Lipinski definition) is 6. The van der Waals surface area contributed by atoms with Gasteiger partial charge in [-0.2, -0.15) is 0 Å². The molecule has 8 nitrogen and oxygen atoms in total. The molecule has 0 saturated carbocycles. The molecule has 1 spiro atoms. The molecule has 4 aliphatic rings. The maximum Gasteiger partial charge on any atom is 0.312 e. The van der Waals surface area contributed by atoms with E-state index in [9.17, 15) is 19.5 Å². The van der Waals surface area contributed by atoms with Gasteiger partial charge in [-0.1, -0.05) is 24.3 Å². The fraction of sp³-hybridized carbons (Fsp3) is 0.696. The van der Waals surface area contributed by atoms with E-state index in [1.807, 2.05) is 38.2 Å². The van der Waals surface area contributed by atoms with E-state index in [0.29, 0.717) is 19.6 Å². The molecule has 0 aliphatic carbocycles. The molecule has 2 saturated heterocycles. The highest BCUT2D eigenvalue weighted by Crippen LogP contribution is 2.53. The number of aliphatic hydroxyl groups excluding tert-OH is 1. The molecular weight excluding hydrogens is 400 g/mol. The summed E-state index contributed by atoms with van der Waals surface area (Å²) in [6, 6.07) is -0.912. The Balaban J connectivity index is 1.80. The number of amides is 2. The largest absolute Gasteiger partial charge is 0.465 e. The minimum Gasteiger partial charge on any atom is -0.465 e. The molecule has 4 heterocycles. The molecule has 4 rings (SSSR count). The number of esters is 1. The molecule has 0 radical (unpaired) electrons. The summed E-state index contributed by atoms with van der Waals surface area (Å²) in [5, 5.41) is 9.37. The molecule has 1 unspecified atom stereocenters. The first-order valence-electron chi connectivity index (χ1n) is 11.3. The van der Waals surface area contributed by atoms with Crippen LogP contribution in [0.15, 0.2) is 24.3 Å².